The lowest BCUT2D eigenvalue weighted by molar-refractivity contribution is -0.158. The minimum absolute atomic E-state index is 0.0202. The van der Waals surface area contributed by atoms with E-state index < -0.39 is 18.6 Å². The fourth-order valence-corrected chi connectivity index (χ4v) is 2.59. The van der Waals surface area contributed by atoms with Crippen molar-refractivity contribution >= 4 is 29.3 Å². The van der Waals surface area contributed by atoms with Gasteiger partial charge in [0.2, 0.25) is 11.8 Å². The van der Waals surface area contributed by atoms with E-state index in [0.717, 1.165) is 17.3 Å². The average molecular weight is 360 g/mol. The normalized spacial score (nSPS) is 11.0. The molecule has 2 amide bonds. The lowest BCUT2D eigenvalue weighted by Gasteiger charge is -2.22. The first-order valence-electron chi connectivity index (χ1n) is 7.11. The minimum atomic E-state index is -4.47. The molecule has 0 saturated carbocycles. The molecule has 8 heteroatoms. The van der Waals surface area contributed by atoms with Crippen LogP contribution in [0, 0.1) is 6.92 Å². The van der Waals surface area contributed by atoms with Gasteiger partial charge in [0.15, 0.2) is 0 Å². The average Bonchev–Trinajstić information content (AvgIpc) is 2.45. The van der Waals surface area contributed by atoms with Crippen molar-refractivity contribution in [3.05, 3.63) is 42.5 Å². The first-order valence-corrected chi connectivity index (χ1v) is 8.26. The number of aryl methyl sites for hydroxylation is 1. The van der Waals surface area contributed by atoms with Gasteiger partial charge in [0.05, 0.1) is 11.5 Å². The number of nitrogens with one attached hydrogen (secondary N) is 1. The van der Waals surface area contributed by atoms with Gasteiger partial charge in [-0.2, -0.15) is 13.2 Å². The molecule has 4 nitrogen and oxygen atoms in total. The molecule has 0 aromatic heterocycles. The molecule has 0 fully saturated rings. The first-order chi connectivity index (χ1) is 11.2. The van der Waals surface area contributed by atoms with E-state index in [-0.39, 0.29) is 24.0 Å². The van der Waals surface area contributed by atoms with Gasteiger partial charge in [-0.25, -0.2) is 0 Å². The molecular weight excluding hydrogens is 341 g/mol. The largest absolute Gasteiger partial charge is 0.406 e. The monoisotopic (exact) mass is 360 g/mol. The van der Waals surface area contributed by atoms with Crippen LogP contribution >= 0.6 is 11.8 Å². The van der Waals surface area contributed by atoms with E-state index in [2.05, 4.69) is 11.9 Å². The van der Waals surface area contributed by atoms with Crippen LogP contribution in [0.15, 0.2) is 36.9 Å². The third-order valence-electron chi connectivity index (χ3n) is 2.83. The maximum atomic E-state index is 12.4. The number of carbonyl (C=O) groups excluding carboxylic acids is 2. The van der Waals surface area contributed by atoms with Crippen LogP contribution in [-0.4, -0.2) is 47.5 Å². The molecule has 24 heavy (non-hydrogen) atoms. The number of benzene rings is 1. The standard InChI is InChI=1S/C16H19F3N2O2S/c1-3-7-21(11-16(17,18)19)15(23)10-24-9-14(22)20-13-6-4-5-12(2)8-13/h3-6,8H,1,7,9-11H2,2H3,(H,20,22). The summed E-state index contributed by atoms with van der Waals surface area (Å²) < 4.78 is 37.2. The van der Waals surface area contributed by atoms with Crippen LogP contribution in [0.4, 0.5) is 18.9 Å². The Hall–Kier alpha value is -1.96. The molecule has 0 aliphatic carbocycles. The Kier molecular flexibility index (Phi) is 7.84. The Morgan fingerprint density at radius 1 is 1.33 bits per heavy atom. The van der Waals surface area contributed by atoms with Crippen molar-refractivity contribution in [2.45, 2.75) is 13.1 Å². The van der Waals surface area contributed by atoms with E-state index in [0.29, 0.717) is 10.6 Å². The molecule has 132 valence electrons. The molecule has 0 bridgehead atoms. The van der Waals surface area contributed by atoms with Crippen molar-refractivity contribution in [2.24, 2.45) is 0 Å². The Bertz CT molecular complexity index is 591. The predicted octanol–water partition coefficient (Wildman–Crippen LogP) is 3.24. The molecule has 1 aromatic carbocycles. The number of nitrogens with zero attached hydrogens (tertiary/aromatic N) is 1. The molecule has 0 saturated heterocycles. The molecule has 1 aromatic rings. The Morgan fingerprint density at radius 2 is 2.04 bits per heavy atom. The number of amides is 2. The second-order valence-corrected chi connectivity index (χ2v) is 6.07. The summed E-state index contributed by atoms with van der Waals surface area (Å²) >= 11 is 0.968. The van der Waals surface area contributed by atoms with E-state index in [4.69, 9.17) is 0 Å². The highest BCUT2D eigenvalue weighted by molar-refractivity contribution is 8.00. The van der Waals surface area contributed by atoms with Gasteiger partial charge in [-0.1, -0.05) is 18.2 Å². The van der Waals surface area contributed by atoms with Crippen LogP contribution < -0.4 is 5.32 Å². The van der Waals surface area contributed by atoms with Crippen LogP contribution in [-0.2, 0) is 9.59 Å². The fourth-order valence-electron chi connectivity index (χ4n) is 1.87. The molecule has 1 rings (SSSR count). The molecule has 0 spiro atoms. The highest BCUT2D eigenvalue weighted by Gasteiger charge is 2.32. The van der Waals surface area contributed by atoms with Gasteiger partial charge in [-0.05, 0) is 24.6 Å². The topological polar surface area (TPSA) is 49.4 Å². The molecule has 0 unspecified atom stereocenters. The van der Waals surface area contributed by atoms with Gasteiger partial charge in [-0.3, -0.25) is 9.59 Å². The van der Waals surface area contributed by atoms with Crippen LogP contribution in [0.3, 0.4) is 0 Å². The second kappa shape index (κ2) is 9.36. The number of alkyl halides is 3. The summed E-state index contributed by atoms with van der Waals surface area (Å²) in [6, 6.07) is 7.21. The summed E-state index contributed by atoms with van der Waals surface area (Å²) in [6.45, 7) is 3.72. The van der Waals surface area contributed by atoms with Gasteiger partial charge in [-0.15, -0.1) is 18.3 Å². The zero-order valence-electron chi connectivity index (χ0n) is 13.2. The van der Waals surface area contributed by atoms with Crippen molar-refractivity contribution in [1.29, 1.82) is 0 Å². The van der Waals surface area contributed by atoms with Crippen molar-refractivity contribution < 1.29 is 22.8 Å². The third-order valence-corrected chi connectivity index (χ3v) is 3.75. The number of halogens is 3. The Morgan fingerprint density at radius 3 is 2.62 bits per heavy atom. The van der Waals surface area contributed by atoms with Crippen molar-refractivity contribution in [2.75, 3.05) is 29.9 Å². The molecular formula is C16H19F3N2O2S. The molecule has 0 aliphatic heterocycles. The van der Waals surface area contributed by atoms with Crippen molar-refractivity contribution in [1.82, 2.24) is 4.90 Å². The Labute approximate surface area is 143 Å². The zero-order valence-corrected chi connectivity index (χ0v) is 14.0. The van der Waals surface area contributed by atoms with E-state index in [1.165, 1.54) is 6.08 Å². The summed E-state index contributed by atoms with van der Waals surface area (Å²) in [7, 11) is 0. The maximum absolute atomic E-state index is 12.4. The number of hydrogen-bond donors (Lipinski definition) is 1. The molecule has 0 atom stereocenters. The summed E-state index contributed by atoms with van der Waals surface area (Å²) in [5.74, 6) is -1.22. The molecule has 0 heterocycles. The van der Waals surface area contributed by atoms with Gasteiger partial charge in [0, 0.05) is 12.2 Å². The number of anilines is 1. The molecule has 0 radical (unpaired) electrons. The summed E-state index contributed by atoms with van der Waals surface area (Å²) in [5.41, 5.74) is 1.63. The quantitative estimate of drug-likeness (QED) is 0.724. The number of hydrogen-bond acceptors (Lipinski definition) is 3. The summed E-state index contributed by atoms with van der Waals surface area (Å²) in [6.07, 6.45) is -3.23. The number of rotatable bonds is 8. The highest BCUT2D eigenvalue weighted by Crippen LogP contribution is 2.17. The lowest BCUT2D eigenvalue weighted by atomic mass is 10.2. The van der Waals surface area contributed by atoms with E-state index in [1.807, 2.05) is 13.0 Å². The van der Waals surface area contributed by atoms with Crippen LogP contribution in [0.2, 0.25) is 0 Å². The zero-order chi connectivity index (χ0) is 18.2. The Balaban J connectivity index is 2.42. The SMILES string of the molecule is C=CCN(CC(F)(F)F)C(=O)CSCC(=O)Nc1cccc(C)c1. The number of thioether (sulfide) groups is 1. The van der Waals surface area contributed by atoms with E-state index in [1.54, 1.807) is 18.2 Å². The first kappa shape index (κ1) is 20.1. The van der Waals surface area contributed by atoms with Gasteiger partial charge in [0.1, 0.15) is 6.54 Å². The smallest absolute Gasteiger partial charge is 0.329 e. The third kappa shape index (κ3) is 8.05. The van der Waals surface area contributed by atoms with Gasteiger partial charge < -0.3 is 10.2 Å². The van der Waals surface area contributed by atoms with Crippen LogP contribution in [0.5, 0.6) is 0 Å². The summed E-state index contributed by atoms with van der Waals surface area (Å²) in [5, 5.41) is 2.67. The van der Waals surface area contributed by atoms with E-state index >= 15 is 0 Å². The molecule has 0 aliphatic rings. The lowest BCUT2D eigenvalue weighted by Crippen LogP contribution is -2.40. The fraction of sp³-hybridized carbons (Fsp3) is 0.375. The van der Waals surface area contributed by atoms with E-state index in [9.17, 15) is 22.8 Å². The van der Waals surface area contributed by atoms with Gasteiger partial charge in [0.25, 0.3) is 0 Å². The maximum Gasteiger partial charge on any atom is 0.406 e. The van der Waals surface area contributed by atoms with Gasteiger partial charge >= 0.3 is 6.18 Å². The molecule has 1 N–H and O–H groups in total. The number of carbonyl (C=O) groups is 2. The highest BCUT2D eigenvalue weighted by atomic mass is 32.2. The summed E-state index contributed by atoms with van der Waals surface area (Å²) in [4.78, 5) is 24.3. The van der Waals surface area contributed by atoms with Crippen molar-refractivity contribution in [3.63, 3.8) is 0 Å². The second-order valence-electron chi connectivity index (χ2n) is 5.09. The predicted molar refractivity (Wildman–Crippen MR) is 90.0 cm³/mol. The minimum Gasteiger partial charge on any atom is -0.329 e. The van der Waals surface area contributed by atoms with Crippen molar-refractivity contribution in [3.8, 4) is 0 Å². The van der Waals surface area contributed by atoms with Crippen LogP contribution in [0.1, 0.15) is 5.56 Å². The van der Waals surface area contributed by atoms with Crippen LogP contribution in [0.25, 0.3) is 0 Å².